The molecule has 1 atom stereocenters. The van der Waals surface area contributed by atoms with Gasteiger partial charge in [0.25, 0.3) is 0 Å². The number of hydrogen-bond donors (Lipinski definition) is 0. The van der Waals surface area contributed by atoms with Crippen LogP contribution in [-0.4, -0.2) is 36.1 Å². The van der Waals surface area contributed by atoms with E-state index in [-0.39, 0.29) is 0 Å². The van der Waals surface area contributed by atoms with Gasteiger partial charge in [0, 0.05) is 13.1 Å². The second-order valence-corrected chi connectivity index (χ2v) is 2.79. The fourth-order valence-electron chi connectivity index (χ4n) is 1.25. The molecule has 0 fully saturated rings. The van der Waals surface area contributed by atoms with E-state index in [0.29, 0.717) is 6.17 Å². The van der Waals surface area contributed by atoms with Crippen LogP contribution >= 0.6 is 0 Å². The highest BCUT2D eigenvalue weighted by atomic mass is 15.3. The third-order valence-corrected chi connectivity index (χ3v) is 2.17. The van der Waals surface area contributed by atoms with Crippen LogP contribution in [0.15, 0.2) is 12.3 Å². The minimum absolute atomic E-state index is 0.565. The molecule has 1 aliphatic rings. The van der Waals surface area contributed by atoms with E-state index < -0.39 is 0 Å². The molecular weight excluding hydrogens is 124 g/mol. The molecule has 1 rings (SSSR count). The first-order chi connectivity index (χ1) is 4.75. The van der Waals surface area contributed by atoms with Crippen molar-refractivity contribution in [1.82, 2.24) is 9.80 Å². The molecule has 0 saturated heterocycles. The van der Waals surface area contributed by atoms with E-state index in [2.05, 4.69) is 43.0 Å². The smallest absolute Gasteiger partial charge is 0.0786 e. The quantitative estimate of drug-likeness (QED) is 0.538. The summed E-state index contributed by atoms with van der Waals surface area (Å²) < 4.78 is 0. The van der Waals surface area contributed by atoms with Gasteiger partial charge >= 0.3 is 0 Å². The highest BCUT2D eigenvalue weighted by Crippen LogP contribution is 2.08. The van der Waals surface area contributed by atoms with Crippen molar-refractivity contribution >= 4 is 0 Å². The topological polar surface area (TPSA) is 6.48 Å². The van der Waals surface area contributed by atoms with Gasteiger partial charge in [0.15, 0.2) is 0 Å². The molecule has 1 unspecified atom stereocenters. The Morgan fingerprint density at radius 1 is 1.60 bits per heavy atom. The summed E-state index contributed by atoms with van der Waals surface area (Å²) in [6.45, 7) is 6.59. The van der Waals surface area contributed by atoms with Gasteiger partial charge in [-0.2, -0.15) is 0 Å². The van der Waals surface area contributed by atoms with Gasteiger partial charge in [0.05, 0.1) is 6.17 Å². The Balaban J connectivity index is 2.57. The minimum atomic E-state index is 0.565. The fourth-order valence-corrected chi connectivity index (χ4v) is 1.25. The van der Waals surface area contributed by atoms with Crippen molar-refractivity contribution in [3.63, 3.8) is 0 Å². The van der Waals surface area contributed by atoms with E-state index in [4.69, 9.17) is 0 Å². The fraction of sp³-hybridized carbons (Fsp3) is 0.750. The molecule has 2 nitrogen and oxygen atoms in total. The third-order valence-electron chi connectivity index (χ3n) is 2.17. The van der Waals surface area contributed by atoms with Crippen LogP contribution in [0.1, 0.15) is 13.8 Å². The van der Waals surface area contributed by atoms with Gasteiger partial charge in [-0.25, -0.2) is 0 Å². The van der Waals surface area contributed by atoms with Gasteiger partial charge in [-0.15, -0.1) is 0 Å². The molecule has 0 aromatic carbocycles. The molecule has 0 spiro atoms. The van der Waals surface area contributed by atoms with Gasteiger partial charge in [0.2, 0.25) is 0 Å². The summed E-state index contributed by atoms with van der Waals surface area (Å²) in [6, 6.07) is 0. The molecule has 0 radical (unpaired) electrons. The van der Waals surface area contributed by atoms with E-state index in [0.717, 1.165) is 13.1 Å². The number of hydrogen-bond acceptors (Lipinski definition) is 2. The summed E-state index contributed by atoms with van der Waals surface area (Å²) in [5.74, 6) is 0. The van der Waals surface area contributed by atoms with Crippen molar-refractivity contribution in [3.8, 4) is 0 Å². The van der Waals surface area contributed by atoms with Crippen LogP contribution in [0.3, 0.4) is 0 Å². The van der Waals surface area contributed by atoms with Gasteiger partial charge < -0.3 is 4.90 Å². The molecule has 10 heavy (non-hydrogen) atoms. The summed E-state index contributed by atoms with van der Waals surface area (Å²) in [5, 5.41) is 0. The van der Waals surface area contributed by atoms with Crippen molar-refractivity contribution in [1.29, 1.82) is 0 Å². The molecule has 1 aliphatic heterocycles. The maximum absolute atomic E-state index is 2.32. The molecule has 0 aromatic heterocycles. The average molecular weight is 140 g/mol. The summed E-state index contributed by atoms with van der Waals surface area (Å²) >= 11 is 0. The molecule has 0 aromatic rings. The second-order valence-electron chi connectivity index (χ2n) is 2.79. The lowest BCUT2D eigenvalue weighted by atomic mass is 10.3. The monoisotopic (exact) mass is 140 g/mol. The van der Waals surface area contributed by atoms with E-state index in [9.17, 15) is 0 Å². The molecular formula is C8H16N2. The largest absolute Gasteiger partial charge is 0.363 e. The average Bonchev–Trinajstić information content (AvgIpc) is 1.95. The van der Waals surface area contributed by atoms with Crippen molar-refractivity contribution in [2.24, 2.45) is 0 Å². The maximum Gasteiger partial charge on any atom is 0.0786 e. The zero-order chi connectivity index (χ0) is 7.56. The summed E-state index contributed by atoms with van der Waals surface area (Å²) in [4.78, 5) is 4.65. The SMILES string of the molecule is CCN1C=CCN(C)C1C. The Morgan fingerprint density at radius 3 is 2.80 bits per heavy atom. The Bertz CT molecular complexity index is 131. The standard InChI is InChI=1S/C8H16N2/c1-4-10-7-5-6-9(3)8(10)2/h5,7-8H,4,6H2,1-3H3. The molecule has 0 aliphatic carbocycles. The number of likely N-dealkylation sites (N-methyl/N-ethyl adjacent to an activating group) is 1. The van der Waals surface area contributed by atoms with Crippen molar-refractivity contribution < 1.29 is 0 Å². The molecule has 0 N–H and O–H groups in total. The highest BCUT2D eigenvalue weighted by molar-refractivity contribution is 4.92. The van der Waals surface area contributed by atoms with Gasteiger partial charge in [-0.1, -0.05) is 6.08 Å². The second kappa shape index (κ2) is 3.06. The molecule has 0 amide bonds. The third kappa shape index (κ3) is 1.32. The van der Waals surface area contributed by atoms with Gasteiger partial charge in [-0.3, -0.25) is 4.90 Å². The Morgan fingerprint density at radius 2 is 2.30 bits per heavy atom. The molecule has 0 bridgehead atoms. The lowest BCUT2D eigenvalue weighted by Crippen LogP contribution is -2.44. The predicted molar refractivity (Wildman–Crippen MR) is 43.6 cm³/mol. The van der Waals surface area contributed by atoms with E-state index >= 15 is 0 Å². The van der Waals surface area contributed by atoms with E-state index in [1.807, 2.05) is 0 Å². The zero-order valence-electron chi connectivity index (χ0n) is 7.04. The molecule has 2 heteroatoms. The van der Waals surface area contributed by atoms with Crippen molar-refractivity contribution in [3.05, 3.63) is 12.3 Å². The summed E-state index contributed by atoms with van der Waals surface area (Å²) in [7, 11) is 2.15. The molecule has 1 heterocycles. The lowest BCUT2D eigenvalue weighted by Gasteiger charge is -2.36. The Hall–Kier alpha value is -0.500. The van der Waals surface area contributed by atoms with Crippen molar-refractivity contribution in [2.45, 2.75) is 20.0 Å². The highest BCUT2D eigenvalue weighted by Gasteiger charge is 2.15. The first kappa shape index (κ1) is 7.61. The minimum Gasteiger partial charge on any atom is -0.363 e. The van der Waals surface area contributed by atoms with Crippen LogP contribution in [0.2, 0.25) is 0 Å². The van der Waals surface area contributed by atoms with Crippen molar-refractivity contribution in [2.75, 3.05) is 20.1 Å². The molecule has 0 saturated carbocycles. The first-order valence-electron chi connectivity index (χ1n) is 3.88. The van der Waals surface area contributed by atoms with Crippen LogP contribution in [0.4, 0.5) is 0 Å². The molecule has 58 valence electrons. The summed E-state index contributed by atoms with van der Waals surface area (Å²) in [5.41, 5.74) is 0. The van der Waals surface area contributed by atoms with Crippen LogP contribution in [0.25, 0.3) is 0 Å². The Labute approximate surface area is 63.1 Å². The van der Waals surface area contributed by atoms with E-state index in [1.54, 1.807) is 0 Å². The van der Waals surface area contributed by atoms with Gasteiger partial charge in [-0.05, 0) is 27.1 Å². The van der Waals surface area contributed by atoms with Crippen LogP contribution in [0, 0.1) is 0 Å². The van der Waals surface area contributed by atoms with Crippen LogP contribution < -0.4 is 0 Å². The van der Waals surface area contributed by atoms with E-state index in [1.165, 1.54) is 0 Å². The van der Waals surface area contributed by atoms with Gasteiger partial charge in [0.1, 0.15) is 0 Å². The number of rotatable bonds is 1. The zero-order valence-corrected chi connectivity index (χ0v) is 7.04. The normalized spacial score (nSPS) is 27.5. The van der Waals surface area contributed by atoms with Crippen LogP contribution in [0.5, 0.6) is 0 Å². The Kier molecular flexibility index (Phi) is 2.33. The maximum atomic E-state index is 2.32. The first-order valence-corrected chi connectivity index (χ1v) is 3.88. The lowest BCUT2D eigenvalue weighted by molar-refractivity contribution is 0.117. The predicted octanol–water partition coefficient (Wildman–Crippen LogP) is 1.11. The summed E-state index contributed by atoms with van der Waals surface area (Å²) in [6.07, 6.45) is 4.95. The number of nitrogens with zero attached hydrogens (tertiary/aromatic N) is 2. The van der Waals surface area contributed by atoms with Crippen LogP contribution in [-0.2, 0) is 0 Å².